The summed E-state index contributed by atoms with van der Waals surface area (Å²) in [5, 5.41) is 14.6. The third-order valence-corrected chi connectivity index (χ3v) is 2.96. The molecule has 1 aromatic carbocycles. The number of anilines is 1. The van der Waals surface area contributed by atoms with E-state index >= 15 is 0 Å². The van der Waals surface area contributed by atoms with Crippen LogP contribution < -0.4 is 10.6 Å². The van der Waals surface area contributed by atoms with Gasteiger partial charge in [0, 0.05) is 17.8 Å². The van der Waals surface area contributed by atoms with Crippen LogP contribution in [0.2, 0.25) is 0 Å². The van der Waals surface area contributed by atoms with Crippen molar-refractivity contribution in [1.82, 2.24) is 5.32 Å². The standard InChI is InChI=1S/C16H26N2O3/c1-12(2)21-11-13-6-5-7-14(10-13)17-15(20)18-16(3,4)8-9-19/h5-7,10,12,19H,8-9,11H2,1-4H3,(H2,17,18,20). The van der Waals surface area contributed by atoms with Crippen molar-refractivity contribution in [2.45, 2.75) is 52.4 Å². The molecule has 0 saturated carbocycles. The molecule has 5 nitrogen and oxygen atoms in total. The van der Waals surface area contributed by atoms with Gasteiger partial charge in [-0.25, -0.2) is 4.79 Å². The third kappa shape index (κ3) is 7.11. The Morgan fingerprint density at radius 2 is 2.10 bits per heavy atom. The molecule has 0 radical (unpaired) electrons. The number of hydrogen-bond acceptors (Lipinski definition) is 3. The van der Waals surface area contributed by atoms with Crippen LogP contribution >= 0.6 is 0 Å². The van der Waals surface area contributed by atoms with Gasteiger partial charge in [0.25, 0.3) is 0 Å². The third-order valence-electron chi connectivity index (χ3n) is 2.96. The summed E-state index contributed by atoms with van der Waals surface area (Å²) >= 11 is 0. The molecule has 0 aliphatic carbocycles. The Morgan fingerprint density at radius 1 is 1.38 bits per heavy atom. The maximum atomic E-state index is 11.9. The van der Waals surface area contributed by atoms with Crippen molar-refractivity contribution in [1.29, 1.82) is 0 Å². The Morgan fingerprint density at radius 3 is 2.71 bits per heavy atom. The van der Waals surface area contributed by atoms with Gasteiger partial charge in [-0.05, 0) is 51.8 Å². The van der Waals surface area contributed by atoms with Crippen LogP contribution in [0.15, 0.2) is 24.3 Å². The first-order valence-electron chi connectivity index (χ1n) is 7.23. The molecule has 21 heavy (non-hydrogen) atoms. The van der Waals surface area contributed by atoms with Crippen molar-refractivity contribution in [2.75, 3.05) is 11.9 Å². The molecule has 1 aromatic rings. The van der Waals surface area contributed by atoms with Gasteiger partial charge in [0.15, 0.2) is 0 Å². The summed E-state index contributed by atoms with van der Waals surface area (Å²) < 4.78 is 5.54. The molecule has 0 aliphatic heterocycles. The number of ether oxygens (including phenoxy) is 1. The van der Waals surface area contributed by atoms with Gasteiger partial charge in [0.05, 0.1) is 12.7 Å². The average molecular weight is 294 g/mol. The van der Waals surface area contributed by atoms with Gasteiger partial charge in [-0.1, -0.05) is 12.1 Å². The van der Waals surface area contributed by atoms with E-state index in [1.807, 2.05) is 52.0 Å². The fourth-order valence-electron chi connectivity index (χ4n) is 1.81. The van der Waals surface area contributed by atoms with E-state index in [1.165, 1.54) is 0 Å². The molecule has 3 N–H and O–H groups in total. The minimum Gasteiger partial charge on any atom is -0.396 e. The Balaban J connectivity index is 2.58. The molecule has 0 atom stereocenters. The van der Waals surface area contributed by atoms with Gasteiger partial charge < -0.3 is 20.5 Å². The van der Waals surface area contributed by atoms with Crippen molar-refractivity contribution in [3.63, 3.8) is 0 Å². The van der Waals surface area contributed by atoms with Crippen LogP contribution in [-0.2, 0) is 11.3 Å². The topological polar surface area (TPSA) is 70.6 Å². The van der Waals surface area contributed by atoms with Crippen LogP contribution in [0.3, 0.4) is 0 Å². The van der Waals surface area contributed by atoms with Crippen LogP contribution in [0, 0.1) is 0 Å². The van der Waals surface area contributed by atoms with Crippen molar-refractivity contribution in [3.05, 3.63) is 29.8 Å². The molecular weight excluding hydrogens is 268 g/mol. The van der Waals surface area contributed by atoms with Gasteiger partial charge in [-0.15, -0.1) is 0 Å². The van der Waals surface area contributed by atoms with Gasteiger partial charge in [0.2, 0.25) is 0 Å². The van der Waals surface area contributed by atoms with Crippen LogP contribution in [-0.4, -0.2) is 29.4 Å². The summed E-state index contributed by atoms with van der Waals surface area (Å²) in [6.07, 6.45) is 0.673. The van der Waals surface area contributed by atoms with E-state index in [0.29, 0.717) is 13.0 Å². The molecule has 0 unspecified atom stereocenters. The van der Waals surface area contributed by atoms with Gasteiger partial charge in [-0.2, -0.15) is 0 Å². The second-order valence-corrected chi connectivity index (χ2v) is 6.00. The summed E-state index contributed by atoms with van der Waals surface area (Å²) in [5.74, 6) is 0. The van der Waals surface area contributed by atoms with E-state index < -0.39 is 5.54 Å². The lowest BCUT2D eigenvalue weighted by Gasteiger charge is -2.25. The number of carbonyl (C=O) groups is 1. The summed E-state index contributed by atoms with van der Waals surface area (Å²) in [6.45, 7) is 8.27. The lowest BCUT2D eigenvalue weighted by atomic mass is 10.0. The van der Waals surface area contributed by atoms with Crippen LogP contribution in [0.5, 0.6) is 0 Å². The zero-order valence-corrected chi connectivity index (χ0v) is 13.3. The maximum absolute atomic E-state index is 11.9. The normalized spacial score (nSPS) is 11.5. The van der Waals surface area contributed by atoms with E-state index in [4.69, 9.17) is 9.84 Å². The summed E-state index contributed by atoms with van der Waals surface area (Å²) in [4.78, 5) is 11.9. The molecule has 0 bridgehead atoms. The molecule has 0 spiro atoms. The number of carbonyl (C=O) groups excluding carboxylic acids is 1. The highest BCUT2D eigenvalue weighted by molar-refractivity contribution is 5.89. The summed E-state index contributed by atoms with van der Waals surface area (Å²) in [7, 11) is 0. The van der Waals surface area contributed by atoms with Gasteiger partial charge in [-0.3, -0.25) is 0 Å². The van der Waals surface area contributed by atoms with Gasteiger partial charge in [0.1, 0.15) is 0 Å². The van der Waals surface area contributed by atoms with Crippen molar-refractivity contribution in [3.8, 4) is 0 Å². The fourth-order valence-corrected chi connectivity index (χ4v) is 1.81. The first-order chi connectivity index (χ1) is 9.82. The van der Waals surface area contributed by atoms with Crippen LogP contribution in [0.1, 0.15) is 39.7 Å². The predicted octanol–water partition coefficient (Wildman–Crippen LogP) is 2.89. The minimum absolute atomic E-state index is 0.0370. The molecule has 2 amide bonds. The number of amides is 2. The first kappa shape index (κ1) is 17.5. The fraction of sp³-hybridized carbons (Fsp3) is 0.562. The maximum Gasteiger partial charge on any atom is 0.319 e. The molecule has 5 heteroatoms. The Bertz CT molecular complexity index is 459. The van der Waals surface area contributed by atoms with Crippen molar-refractivity contribution in [2.24, 2.45) is 0 Å². The van der Waals surface area contributed by atoms with Crippen LogP contribution in [0.25, 0.3) is 0 Å². The largest absolute Gasteiger partial charge is 0.396 e. The van der Waals surface area contributed by atoms with E-state index in [-0.39, 0.29) is 18.7 Å². The number of benzene rings is 1. The van der Waals surface area contributed by atoms with E-state index in [2.05, 4.69) is 10.6 Å². The Labute approximate surface area is 126 Å². The number of urea groups is 1. The molecule has 0 fully saturated rings. The van der Waals surface area contributed by atoms with E-state index in [1.54, 1.807) is 0 Å². The number of hydrogen-bond donors (Lipinski definition) is 3. The second-order valence-electron chi connectivity index (χ2n) is 6.00. The molecule has 0 saturated heterocycles. The number of aliphatic hydroxyl groups excluding tert-OH is 1. The highest BCUT2D eigenvalue weighted by Crippen LogP contribution is 2.13. The predicted molar refractivity (Wildman–Crippen MR) is 84.3 cm³/mol. The molecule has 0 aromatic heterocycles. The zero-order valence-electron chi connectivity index (χ0n) is 13.3. The van der Waals surface area contributed by atoms with E-state index in [9.17, 15) is 4.79 Å². The highest BCUT2D eigenvalue weighted by atomic mass is 16.5. The molecule has 118 valence electrons. The van der Waals surface area contributed by atoms with Crippen molar-refractivity contribution < 1.29 is 14.6 Å². The van der Waals surface area contributed by atoms with E-state index in [0.717, 1.165) is 11.3 Å². The number of aliphatic hydroxyl groups is 1. The lowest BCUT2D eigenvalue weighted by Crippen LogP contribution is -2.46. The number of nitrogens with one attached hydrogen (secondary N) is 2. The molecule has 0 aliphatic rings. The van der Waals surface area contributed by atoms with Gasteiger partial charge >= 0.3 is 6.03 Å². The molecule has 0 heterocycles. The number of rotatable bonds is 7. The summed E-state index contributed by atoms with van der Waals surface area (Å²) in [5.41, 5.74) is 1.28. The highest BCUT2D eigenvalue weighted by Gasteiger charge is 2.19. The summed E-state index contributed by atoms with van der Waals surface area (Å²) in [6, 6.07) is 7.28. The smallest absolute Gasteiger partial charge is 0.319 e. The Hall–Kier alpha value is -1.59. The SMILES string of the molecule is CC(C)OCc1cccc(NC(=O)NC(C)(C)CCO)c1. The minimum atomic E-state index is -0.447. The Kier molecular flexibility index (Phi) is 6.65. The first-order valence-corrected chi connectivity index (χ1v) is 7.23. The second kappa shape index (κ2) is 8.00. The van der Waals surface area contributed by atoms with Crippen molar-refractivity contribution >= 4 is 11.7 Å². The average Bonchev–Trinajstić information content (AvgIpc) is 2.35. The van der Waals surface area contributed by atoms with Crippen LogP contribution in [0.4, 0.5) is 10.5 Å². The zero-order chi connectivity index (χ0) is 15.9. The quantitative estimate of drug-likeness (QED) is 0.724. The lowest BCUT2D eigenvalue weighted by molar-refractivity contribution is 0.0657. The molecular formula is C16H26N2O3. The molecule has 1 rings (SSSR count). The monoisotopic (exact) mass is 294 g/mol.